The van der Waals surface area contributed by atoms with Gasteiger partial charge in [0.15, 0.2) is 17.3 Å². The lowest BCUT2D eigenvalue weighted by Gasteiger charge is -1.98. The predicted molar refractivity (Wildman–Crippen MR) is 39.5 cm³/mol. The summed E-state index contributed by atoms with van der Waals surface area (Å²) >= 11 is 0. The molecular formula is C8H7FO3. The van der Waals surface area contributed by atoms with Gasteiger partial charge in [-0.2, -0.15) is 0 Å². The molecule has 0 radical (unpaired) electrons. The SMILES string of the molecule is O=C(CO)c1ccc(O)c(F)c1. The number of aromatic hydroxyl groups is 1. The first-order valence-corrected chi connectivity index (χ1v) is 3.27. The van der Waals surface area contributed by atoms with E-state index in [9.17, 15) is 9.18 Å². The Morgan fingerprint density at radius 1 is 1.50 bits per heavy atom. The highest BCUT2D eigenvalue weighted by Gasteiger charge is 2.07. The fourth-order valence-corrected chi connectivity index (χ4v) is 0.772. The summed E-state index contributed by atoms with van der Waals surface area (Å²) in [7, 11) is 0. The van der Waals surface area contributed by atoms with E-state index in [1.807, 2.05) is 0 Å². The van der Waals surface area contributed by atoms with Gasteiger partial charge in [0.05, 0.1) is 0 Å². The van der Waals surface area contributed by atoms with Crippen molar-refractivity contribution in [2.75, 3.05) is 6.61 Å². The van der Waals surface area contributed by atoms with Gasteiger partial charge in [-0.3, -0.25) is 4.79 Å². The van der Waals surface area contributed by atoms with Crippen molar-refractivity contribution in [2.45, 2.75) is 0 Å². The van der Waals surface area contributed by atoms with Gasteiger partial charge in [-0.25, -0.2) is 4.39 Å². The van der Waals surface area contributed by atoms with Gasteiger partial charge in [0.2, 0.25) is 0 Å². The lowest BCUT2D eigenvalue weighted by molar-refractivity contribution is 0.0903. The van der Waals surface area contributed by atoms with Crippen molar-refractivity contribution < 1.29 is 19.4 Å². The first-order valence-electron chi connectivity index (χ1n) is 3.27. The van der Waals surface area contributed by atoms with E-state index in [2.05, 4.69) is 0 Å². The number of Topliss-reactive ketones (excluding diaryl/α,β-unsaturated/α-hetero) is 1. The zero-order valence-electron chi connectivity index (χ0n) is 6.12. The first-order chi connectivity index (χ1) is 5.65. The van der Waals surface area contributed by atoms with Crippen LogP contribution in [0.5, 0.6) is 5.75 Å². The third-order valence-electron chi connectivity index (χ3n) is 1.41. The molecule has 0 aliphatic rings. The number of phenolic OH excluding ortho intramolecular Hbond substituents is 1. The van der Waals surface area contributed by atoms with Crippen LogP contribution in [0, 0.1) is 5.82 Å². The number of benzene rings is 1. The fourth-order valence-electron chi connectivity index (χ4n) is 0.772. The number of carbonyl (C=O) groups excluding carboxylic acids is 1. The van der Waals surface area contributed by atoms with Gasteiger partial charge in [0.1, 0.15) is 6.61 Å². The third-order valence-corrected chi connectivity index (χ3v) is 1.41. The van der Waals surface area contributed by atoms with E-state index in [1.165, 1.54) is 6.07 Å². The summed E-state index contributed by atoms with van der Waals surface area (Å²) in [6.45, 7) is -0.662. The number of hydrogen-bond acceptors (Lipinski definition) is 3. The minimum atomic E-state index is -0.866. The normalized spacial score (nSPS) is 9.83. The molecule has 0 spiro atoms. The average molecular weight is 170 g/mol. The minimum Gasteiger partial charge on any atom is -0.505 e. The molecule has 0 amide bonds. The van der Waals surface area contributed by atoms with E-state index < -0.39 is 24.0 Å². The third kappa shape index (κ3) is 1.60. The van der Waals surface area contributed by atoms with E-state index in [-0.39, 0.29) is 5.56 Å². The molecule has 0 saturated carbocycles. The molecule has 0 aliphatic carbocycles. The van der Waals surface area contributed by atoms with Crippen LogP contribution < -0.4 is 0 Å². The molecule has 0 aromatic heterocycles. The van der Waals surface area contributed by atoms with Crippen LogP contribution in [-0.2, 0) is 0 Å². The maximum atomic E-state index is 12.6. The topological polar surface area (TPSA) is 57.5 Å². The van der Waals surface area contributed by atoms with E-state index >= 15 is 0 Å². The van der Waals surface area contributed by atoms with E-state index in [1.54, 1.807) is 0 Å². The highest BCUT2D eigenvalue weighted by atomic mass is 19.1. The minimum absolute atomic E-state index is 0.0489. The molecule has 0 fully saturated rings. The summed E-state index contributed by atoms with van der Waals surface area (Å²) in [6.07, 6.45) is 0. The molecule has 1 aromatic rings. The molecule has 1 rings (SSSR count). The first kappa shape index (κ1) is 8.67. The number of hydrogen-bond donors (Lipinski definition) is 2. The molecule has 64 valence electrons. The smallest absolute Gasteiger partial charge is 0.188 e. The summed E-state index contributed by atoms with van der Waals surface area (Å²) in [6, 6.07) is 3.20. The van der Waals surface area contributed by atoms with Crippen LogP contribution in [0.25, 0.3) is 0 Å². The molecular weight excluding hydrogens is 163 g/mol. The maximum Gasteiger partial charge on any atom is 0.188 e. The Hall–Kier alpha value is -1.42. The Labute approximate surface area is 68.1 Å². The lowest BCUT2D eigenvalue weighted by Crippen LogP contribution is -2.04. The molecule has 0 aliphatic heterocycles. The Morgan fingerprint density at radius 2 is 2.17 bits per heavy atom. The highest BCUT2D eigenvalue weighted by molar-refractivity contribution is 5.96. The second-order valence-electron chi connectivity index (χ2n) is 2.25. The zero-order chi connectivity index (χ0) is 9.14. The van der Waals surface area contributed by atoms with Gasteiger partial charge in [0, 0.05) is 5.56 Å². The van der Waals surface area contributed by atoms with E-state index in [0.29, 0.717) is 0 Å². The van der Waals surface area contributed by atoms with Crippen LogP contribution in [0.4, 0.5) is 4.39 Å². The average Bonchev–Trinajstić information content (AvgIpc) is 2.08. The second kappa shape index (κ2) is 3.32. The van der Waals surface area contributed by atoms with Gasteiger partial charge in [-0.05, 0) is 18.2 Å². The number of phenols is 1. The van der Waals surface area contributed by atoms with Gasteiger partial charge in [-0.15, -0.1) is 0 Å². The van der Waals surface area contributed by atoms with Crippen LogP contribution in [0.1, 0.15) is 10.4 Å². The fraction of sp³-hybridized carbons (Fsp3) is 0.125. The number of carbonyl (C=O) groups is 1. The Bertz CT molecular complexity index is 309. The van der Waals surface area contributed by atoms with Crippen LogP contribution in [0.3, 0.4) is 0 Å². The number of aliphatic hydroxyl groups excluding tert-OH is 1. The summed E-state index contributed by atoms with van der Waals surface area (Å²) in [5.41, 5.74) is 0.0489. The summed E-state index contributed by atoms with van der Waals surface area (Å²) < 4.78 is 12.6. The number of rotatable bonds is 2. The number of halogens is 1. The van der Waals surface area contributed by atoms with Gasteiger partial charge < -0.3 is 10.2 Å². The predicted octanol–water partition coefficient (Wildman–Crippen LogP) is 0.706. The highest BCUT2D eigenvalue weighted by Crippen LogP contribution is 2.16. The van der Waals surface area contributed by atoms with Crippen molar-refractivity contribution in [3.05, 3.63) is 29.6 Å². The largest absolute Gasteiger partial charge is 0.505 e. The molecule has 0 atom stereocenters. The van der Waals surface area contributed by atoms with E-state index in [0.717, 1.165) is 12.1 Å². The Kier molecular flexibility index (Phi) is 2.40. The van der Waals surface area contributed by atoms with Crippen molar-refractivity contribution >= 4 is 5.78 Å². The van der Waals surface area contributed by atoms with Gasteiger partial charge >= 0.3 is 0 Å². The maximum absolute atomic E-state index is 12.6. The van der Waals surface area contributed by atoms with Crippen molar-refractivity contribution in [3.8, 4) is 5.75 Å². The van der Waals surface area contributed by atoms with E-state index in [4.69, 9.17) is 10.2 Å². The molecule has 0 unspecified atom stereocenters. The molecule has 0 heterocycles. The quantitative estimate of drug-likeness (QED) is 0.642. The standard InChI is InChI=1S/C8H7FO3/c9-6-3-5(8(12)4-10)1-2-7(6)11/h1-3,10-11H,4H2. The van der Waals surface area contributed by atoms with Crippen LogP contribution in [-0.4, -0.2) is 22.6 Å². The van der Waals surface area contributed by atoms with Crippen LogP contribution >= 0.6 is 0 Å². The molecule has 0 bridgehead atoms. The molecule has 4 heteroatoms. The van der Waals surface area contributed by atoms with Gasteiger partial charge in [0.25, 0.3) is 0 Å². The van der Waals surface area contributed by atoms with Crippen LogP contribution in [0.15, 0.2) is 18.2 Å². The lowest BCUT2D eigenvalue weighted by atomic mass is 10.1. The molecule has 2 N–H and O–H groups in total. The number of aliphatic hydroxyl groups is 1. The van der Waals surface area contributed by atoms with Gasteiger partial charge in [-0.1, -0.05) is 0 Å². The Morgan fingerprint density at radius 3 is 2.67 bits per heavy atom. The molecule has 0 saturated heterocycles. The molecule has 3 nitrogen and oxygen atoms in total. The zero-order valence-corrected chi connectivity index (χ0v) is 6.12. The molecule has 12 heavy (non-hydrogen) atoms. The Balaban J connectivity index is 3.05. The monoisotopic (exact) mass is 170 g/mol. The van der Waals surface area contributed by atoms with Crippen molar-refractivity contribution in [3.63, 3.8) is 0 Å². The summed E-state index contributed by atoms with van der Waals surface area (Å²) in [5.74, 6) is -1.95. The number of ketones is 1. The van der Waals surface area contributed by atoms with Crippen molar-refractivity contribution in [1.29, 1.82) is 0 Å². The van der Waals surface area contributed by atoms with Crippen LogP contribution in [0.2, 0.25) is 0 Å². The molecule has 1 aromatic carbocycles. The summed E-state index contributed by atoms with van der Waals surface area (Å²) in [5, 5.41) is 17.2. The van der Waals surface area contributed by atoms with Crippen molar-refractivity contribution in [2.24, 2.45) is 0 Å². The summed E-state index contributed by atoms with van der Waals surface area (Å²) in [4.78, 5) is 10.8. The second-order valence-corrected chi connectivity index (χ2v) is 2.25. The van der Waals surface area contributed by atoms with Crippen molar-refractivity contribution in [1.82, 2.24) is 0 Å².